The molecular weight excluding hydrogens is 435 g/mol. The van der Waals surface area contributed by atoms with Crippen molar-refractivity contribution in [2.45, 2.75) is 21.9 Å². The number of halogens is 4. The Morgan fingerprint density at radius 3 is 2.46 bits per heavy atom. The summed E-state index contributed by atoms with van der Waals surface area (Å²) in [6.45, 7) is -0.179. The summed E-state index contributed by atoms with van der Waals surface area (Å²) in [6, 6.07) is 11.5. The van der Waals surface area contributed by atoms with Crippen LogP contribution >= 0.6 is 34.9 Å². The third-order valence-corrected chi connectivity index (χ3v) is 5.49. The van der Waals surface area contributed by atoms with Gasteiger partial charge >= 0.3 is 12.3 Å². The quantitative estimate of drug-likeness (QED) is 0.513. The average Bonchev–Trinajstić information content (AvgIpc) is 3.08. The maximum Gasteiger partial charge on any atom is 0.416 e. The van der Waals surface area contributed by atoms with Crippen molar-refractivity contribution in [1.29, 1.82) is 0 Å². The predicted molar refractivity (Wildman–Crippen MR) is 101 cm³/mol. The molecule has 3 rings (SSSR count). The van der Waals surface area contributed by atoms with Crippen LogP contribution in [-0.2, 0) is 17.5 Å². The van der Waals surface area contributed by atoms with Crippen LogP contribution < -0.4 is 5.32 Å². The smallest absolute Gasteiger partial charge is 0.416 e. The highest BCUT2D eigenvalue weighted by atomic mass is 35.5. The fraction of sp³-hybridized carbons (Fsp3) is 0.118. The first-order valence-corrected chi connectivity index (χ1v) is 9.64. The first-order valence-electron chi connectivity index (χ1n) is 7.67. The molecule has 0 aliphatic carbocycles. The van der Waals surface area contributed by atoms with Gasteiger partial charge in [0.05, 0.1) is 5.56 Å². The lowest BCUT2D eigenvalue weighted by Gasteiger charge is -2.09. The predicted octanol–water partition coefficient (Wildman–Crippen LogP) is 6.11. The summed E-state index contributed by atoms with van der Waals surface area (Å²) in [5, 5.41) is 6.93. The highest BCUT2D eigenvalue weighted by Crippen LogP contribution is 2.35. The van der Waals surface area contributed by atoms with Crippen LogP contribution in [-0.4, -0.2) is 15.7 Å². The second-order valence-corrected chi connectivity index (χ2v) is 7.89. The zero-order valence-corrected chi connectivity index (χ0v) is 16.3. The van der Waals surface area contributed by atoms with Crippen LogP contribution in [0.5, 0.6) is 0 Å². The molecule has 0 radical (unpaired) electrons. The van der Waals surface area contributed by atoms with Gasteiger partial charge in [-0.1, -0.05) is 40.0 Å². The average molecular weight is 446 g/mol. The monoisotopic (exact) mass is 445 g/mol. The number of ether oxygens (including phenoxy) is 1. The maximum absolute atomic E-state index is 12.5. The third kappa shape index (κ3) is 5.60. The van der Waals surface area contributed by atoms with E-state index in [1.54, 1.807) is 12.1 Å². The van der Waals surface area contributed by atoms with Crippen LogP contribution in [0.3, 0.4) is 0 Å². The minimum atomic E-state index is -4.41. The van der Waals surface area contributed by atoms with E-state index >= 15 is 0 Å². The summed E-state index contributed by atoms with van der Waals surface area (Å²) in [6.07, 6.45) is -5.20. The molecule has 0 atom stereocenters. The highest BCUT2D eigenvalue weighted by Gasteiger charge is 2.29. The molecule has 1 heterocycles. The van der Waals surface area contributed by atoms with Gasteiger partial charge in [-0.25, -0.2) is 4.79 Å². The number of amides is 1. The standard InChI is InChI=1S/C17H11ClF3N3O2S2/c18-12-5-7-13(8-6-12)27-15-14(23-24-28-15)22-16(25)26-9-10-1-3-11(4-2-10)17(19,20)21/h1-8H,9H2,(H,22,25). The lowest BCUT2D eigenvalue weighted by Crippen LogP contribution is -2.14. The summed E-state index contributed by atoms with van der Waals surface area (Å²) in [7, 11) is 0. The molecule has 0 fully saturated rings. The van der Waals surface area contributed by atoms with E-state index in [-0.39, 0.29) is 12.4 Å². The number of hydrogen-bond donors (Lipinski definition) is 1. The Bertz CT molecular complexity index is 948. The topological polar surface area (TPSA) is 64.1 Å². The maximum atomic E-state index is 12.5. The number of anilines is 1. The number of benzene rings is 2. The first kappa shape index (κ1) is 20.4. The number of nitrogens with zero attached hydrogens (tertiary/aromatic N) is 2. The molecule has 2 aromatic carbocycles. The molecule has 28 heavy (non-hydrogen) atoms. The summed E-state index contributed by atoms with van der Waals surface area (Å²) >= 11 is 8.30. The number of carbonyl (C=O) groups is 1. The molecule has 0 saturated carbocycles. The van der Waals surface area contributed by atoms with Crippen molar-refractivity contribution in [3.05, 3.63) is 64.7 Å². The second kappa shape index (κ2) is 8.80. The molecule has 0 unspecified atom stereocenters. The van der Waals surface area contributed by atoms with Crippen LogP contribution in [0.2, 0.25) is 5.02 Å². The molecule has 146 valence electrons. The normalized spacial score (nSPS) is 11.3. The molecule has 0 spiro atoms. The van der Waals surface area contributed by atoms with Gasteiger partial charge in [0.25, 0.3) is 0 Å². The fourth-order valence-electron chi connectivity index (χ4n) is 2.01. The third-order valence-electron chi connectivity index (χ3n) is 3.35. The zero-order valence-electron chi connectivity index (χ0n) is 13.9. The lowest BCUT2D eigenvalue weighted by molar-refractivity contribution is -0.137. The largest absolute Gasteiger partial charge is 0.444 e. The van der Waals surface area contributed by atoms with E-state index in [0.29, 0.717) is 14.8 Å². The van der Waals surface area contributed by atoms with Crippen molar-refractivity contribution in [2.75, 3.05) is 5.32 Å². The van der Waals surface area contributed by atoms with Gasteiger partial charge in [-0.15, -0.1) is 5.10 Å². The van der Waals surface area contributed by atoms with E-state index in [1.807, 2.05) is 12.1 Å². The molecule has 5 nitrogen and oxygen atoms in total. The Morgan fingerprint density at radius 2 is 1.82 bits per heavy atom. The highest BCUT2D eigenvalue weighted by molar-refractivity contribution is 8.01. The van der Waals surface area contributed by atoms with Gasteiger partial charge in [-0.2, -0.15) is 13.2 Å². The molecule has 3 aromatic rings. The van der Waals surface area contributed by atoms with Gasteiger partial charge in [-0.3, -0.25) is 5.32 Å². The second-order valence-electron chi connectivity index (χ2n) is 5.36. The van der Waals surface area contributed by atoms with Crippen molar-refractivity contribution >= 4 is 46.8 Å². The van der Waals surface area contributed by atoms with E-state index in [1.165, 1.54) is 23.9 Å². The van der Waals surface area contributed by atoms with Gasteiger partial charge in [0, 0.05) is 9.92 Å². The molecule has 1 amide bonds. The molecule has 1 N–H and O–H groups in total. The van der Waals surface area contributed by atoms with Crippen molar-refractivity contribution in [1.82, 2.24) is 9.59 Å². The Balaban J connectivity index is 1.55. The zero-order chi connectivity index (χ0) is 20.1. The van der Waals surface area contributed by atoms with Crippen molar-refractivity contribution < 1.29 is 22.7 Å². The van der Waals surface area contributed by atoms with Gasteiger partial charge in [0.1, 0.15) is 10.8 Å². The van der Waals surface area contributed by atoms with E-state index in [9.17, 15) is 18.0 Å². The summed E-state index contributed by atoms with van der Waals surface area (Å²) < 4.78 is 47.1. The van der Waals surface area contributed by atoms with Crippen LogP contribution in [0, 0.1) is 0 Å². The molecular formula is C17H11ClF3N3O2S2. The SMILES string of the molecule is O=C(Nc1nnsc1Sc1ccc(Cl)cc1)OCc1ccc(C(F)(F)F)cc1. The van der Waals surface area contributed by atoms with Crippen molar-refractivity contribution in [3.8, 4) is 0 Å². The first-order chi connectivity index (χ1) is 13.3. The van der Waals surface area contributed by atoms with Crippen LogP contribution in [0.25, 0.3) is 0 Å². The minimum Gasteiger partial charge on any atom is -0.444 e. The van der Waals surface area contributed by atoms with E-state index in [4.69, 9.17) is 16.3 Å². The van der Waals surface area contributed by atoms with Gasteiger partial charge in [0.2, 0.25) is 0 Å². The van der Waals surface area contributed by atoms with Gasteiger partial charge < -0.3 is 4.74 Å². The molecule has 0 saturated heterocycles. The number of nitrogens with one attached hydrogen (secondary N) is 1. The molecule has 0 aliphatic heterocycles. The van der Waals surface area contributed by atoms with Crippen LogP contribution in [0.1, 0.15) is 11.1 Å². The summed E-state index contributed by atoms with van der Waals surface area (Å²) in [4.78, 5) is 12.8. The Labute approximate surface area is 171 Å². The summed E-state index contributed by atoms with van der Waals surface area (Å²) in [5.74, 6) is 0.238. The number of rotatable bonds is 5. The Kier molecular flexibility index (Phi) is 6.42. The van der Waals surface area contributed by atoms with E-state index < -0.39 is 17.8 Å². The lowest BCUT2D eigenvalue weighted by atomic mass is 10.1. The number of aromatic nitrogens is 2. The van der Waals surface area contributed by atoms with Crippen LogP contribution in [0.15, 0.2) is 57.6 Å². The van der Waals surface area contributed by atoms with E-state index in [0.717, 1.165) is 28.6 Å². The molecule has 1 aromatic heterocycles. The fourth-order valence-corrected chi connectivity index (χ4v) is 3.72. The Morgan fingerprint density at radius 1 is 1.14 bits per heavy atom. The van der Waals surface area contributed by atoms with Crippen molar-refractivity contribution in [2.24, 2.45) is 0 Å². The van der Waals surface area contributed by atoms with Gasteiger partial charge in [-0.05, 0) is 53.5 Å². The van der Waals surface area contributed by atoms with E-state index in [2.05, 4.69) is 14.9 Å². The molecule has 0 bridgehead atoms. The molecule has 0 aliphatic rings. The van der Waals surface area contributed by atoms with Crippen molar-refractivity contribution in [3.63, 3.8) is 0 Å². The molecule has 11 heteroatoms. The minimum absolute atomic E-state index is 0.179. The Hall–Kier alpha value is -2.30. The number of hydrogen-bond acceptors (Lipinski definition) is 6. The van der Waals surface area contributed by atoms with Gasteiger partial charge in [0.15, 0.2) is 5.82 Å². The number of alkyl halides is 3. The number of carbonyl (C=O) groups excluding carboxylic acids is 1. The summed E-state index contributed by atoms with van der Waals surface area (Å²) in [5.41, 5.74) is -0.339. The van der Waals surface area contributed by atoms with Crippen LogP contribution in [0.4, 0.5) is 23.8 Å².